The van der Waals surface area contributed by atoms with E-state index in [-0.39, 0.29) is 5.75 Å². The summed E-state index contributed by atoms with van der Waals surface area (Å²) in [4.78, 5) is 9.97. The van der Waals surface area contributed by atoms with E-state index in [1.165, 1.54) is 12.1 Å². The summed E-state index contributed by atoms with van der Waals surface area (Å²) < 4.78 is 0. The van der Waals surface area contributed by atoms with Crippen molar-refractivity contribution in [2.24, 2.45) is 0 Å². The van der Waals surface area contributed by atoms with Gasteiger partial charge in [-0.2, -0.15) is 0 Å². The third-order valence-electron chi connectivity index (χ3n) is 1.59. The van der Waals surface area contributed by atoms with Crippen molar-refractivity contribution in [1.29, 1.82) is 0 Å². The van der Waals surface area contributed by atoms with Gasteiger partial charge in [-0.25, -0.2) is 0 Å². The van der Waals surface area contributed by atoms with Crippen LogP contribution in [-0.2, 0) is 11.2 Å². The van der Waals surface area contributed by atoms with Gasteiger partial charge in [0.15, 0.2) is 0 Å². The maximum absolute atomic E-state index is 9.97. The minimum atomic E-state index is 0.194. The second kappa shape index (κ2) is 4.67. The van der Waals surface area contributed by atoms with Crippen LogP contribution in [0.1, 0.15) is 5.56 Å². The van der Waals surface area contributed by atoms with Crippen LogP contribution in [0.15, 0.2) is 30.4 Å². The Bertz CT molecular complexity index is 332. The molecule has 0 spiro atoms. The number of allylic oxidation sites excluding steroid dienone is 2. The number of benzene rings is 1. The van der Waals surface area contributed by atoms with Gasteiger partial charge in [-0.15, -0.1) is 0 Å². The van der Waals surface area contributed by atoms with E-state index >= 15 is 0 Å². The highest BCUT2D eigenvalue weighted by atomic mass is 35.5. The molecule has 0 aromatic heterocycles. The van der Waals surface area contributed by atoms with Gasteiger partial charge in [0.25, 0.3) is 0 Å². The highest BCUT2D eigenvalue weighted by Crippen LogP contribution is 2.21. The number of hydrogen-bond donors (Lipinski definition) is 1. The number of rotatable bonds is 3. The average Bonchev–Trinajstić information content (AvgIpc) is 2.11. The SMILES string of the molecule is O=CC=CCc1cc(Cl)ccc1O. The molecule has 0 aliphatic carbocycles. The molecule has 13 heavy (non-hydrogen) atoms. The second-order valence-electron chi connectivity index (χ2n) is 2.54. The molecule has 0 saturated heterocycles. The minimum Gasteiger partial charge on any atom is -0.508 e. The summed E-state index contributed by atoms with van der Waals surface area (Å²) in [6.07, 6.45) is 4.26. The Kier molecular flexibility index (Phi) is 3.53. The van der Waals surface area contributed by atoms with E-state index in [0.717, 1.165) is 0 Å². The molecule has 1 rings (SSSR count). The smallest absolute Gasteiger partial charge is 0.142 e. The van der Waals surface area contributed by atoms with Gasteiger partial charge >= 0.3 is 0 Å². The monoisotopic (exact) mass is 196 g/mol. The van der Waals surface area contributed by atoms with Gasteiger partial charge in [0.1, 0.15) is 12.0 Å². The van der Waals surface area contributed by atoms with Gasteiger partial charge in [-0.05, 0) is 36.3 Å². The molecule has 1 aromatic carbocycles. The number of aldehydes is 1. The maximum atomic E-state index is 9.97. The first-order valence-corrected chi connectivity index (χ1v) is 4.19. The largest absolute Gasteiger partial charge is 0.508 e. The van der Waals surface area contributed by atoms with Crippen LogP contribution in [0.2, 0.25) is 5.02 Å². The zero-order chi connectivity index (χ0) is 9.68. The molecule has 0 aliphatic heterocycles. The summed E-state index contributed by atoms with van der Waals surface area (Å²) in [6.45, 7) is 0. The van der Waals surface area contributed by atoms with Crippen LogP contribution in [0, 0.1) is 0 Å². The van der Waals surface area contributed by atoms with Crippen LogP contribution in [0.25, 0.3) is 0 Å². The topological polar surface area (TPSA) is 37.3 Å². The Hall–Kier alpha value is -1.28. The lowest BCUT2D eigenvalue weighted by Crippen LogP contribution is -1.82. The van der Waals surface area contributed by atoms with Gasteiger partial charge in [0.2, 0.25) is 0 Å². The molecule has 0 aliphatic rings. The van der Waals surface area contributed by atoms with Crippen molar-refractivity contribution in [1.82, 2.24) is 0 Å². The van der Waals surface area contributed by atoms with Gasteiger partial charge in [-0.3, -0.25) is 4.79 Å². The first-order chi connectivity index (χ1) is 6.24. The molecule has 0 atom stereocenters. The Morgan fingerprint density at radius 1 is 1.46 bits per heavy atom. The van der Waals surface area contributed by atoms with Gasteiger partial charge < -0.3 is 5.11 Å². The van der Waals surface area contributed by atoms with Gasteiger partial charge in [0, 0.05) is 5.02 Å². The van der Waals surface area contributed by atoms with Crippen molar-refractivity contribution >= 4 is 17.9 Å². The third-order valence-corrected chi connectivity index (χ3v) is 1.83. The van der Waals surface area contributed by atoms with E-state index in [1.807, 2.05) is 0 Å². The molecule has 0 saturated carbocycles. The van der Waals surface area contributed by atoms with Crippen molar-refractivity contribution in [2.45, 2.75) is 6.42 Å². The van der Waals surface area contributed by atoms with Crippen molar-refractivity contribution in [3.8, 4) is 5.75 Å². The van der Waals surface area contributed by atoms with E-state index < -0.39 is 0 Å². The van der Waals surface area contributed by atoms with Crippen LogP contribution in [-0.4, -0.2) is 11.4 Å². The molecular formula is C10H9ClO2. The first-order valence-electron chi connectivity index (χ1n) is 3.81. The summed E-state index contributed by atoms with van der Waals surface area (Å²) in [5, 5.41) is 9.93. The van der Waals surface area contributed by atoms with E-state index in [4.69, 9.17) is 11.6 Å². The fourth-order valence-electron chi connectivity index (χ4n) is 0.968. The van der Waals surface area contributed by atoms with Crippen LogP contribution in [0.3, 0.4) is 0 Å². The number of aromatic hydroxyl groups is 1. The molecule has 3 heteroatoms. The number of phenolic OH excluding ortho intramolecular Hbond substituents is 1. The minimum absolute atomic E-state index is 0.194. The molecule has 68 valence electrons. The van der Waals surface area contributed by atoms with Crippen LogP contribution < -0.4 is 0 Å². The quantitative estimate of drug-likeness (QED) is 0.595. The predicted octanol–water partition coefficient (Wildman–Crippen LogP) is 2.34. The fourth-order valence-corrected chi connectivity index (χ4v) is 1.16. The molecule has 2 nitrogen and oxygen atoms in total. The Morgan fingerprint density at radius 2 is 2.23 bits per heavy atom. The van der Waals surface area contributed by atoms with Crippen LogP contribution >= 0.6 is 11.6 Å². The highest BCUT2D eigenvalue weighted by Gasteiger charge is 1.98. The number of carbonyl (C=O) groups is 1. The standard InChI is InChI=1S/C10H9ClO2/c11-9-4-5-10(13)8(7-9)3-1-2-6-12/h1-2,4-7,13H,3H2. The summed E-state index contributed by atoms with van der Waals surface area (Å²) in [6, 6.07) is 4.82. The lowest BCUT2D eigenvalue weighted by molar-refractivity contribution is -0.104. The molecule has 0 radical (unpaired) electrons. The highest BCUT2D eigenvalue weighted by molar-refractivity contribution is 6.30. The lowest BCUT2D eigenvalue weighted by atomic mass is 10.1. The van der Waals surface area contributed by atoms with Crippen molar-refractivity contribution in [3.63, 3.8) is 0 Å². The molecule has 0 amide bonds. The molecule has 1 aromatic rings. The summed E-state index contributed by atoms with van der Waals surface area (Å²) in [5.41, 5.74) is 0.714. The average molecular weight is 197 g/mol. The Labute approximate surface area is 81.5 Å². The molecule has 0 bridgehead atoms. The van der Waals surface area contributed by atoms with E-state index in [1.54, 1.807) is 18.2 Å². The normalized spacial score (nSPS) is 10.5. The van der Waals surface area contributed by atoms with E-state index in [2.05, 4.69) is 0 Å². The van der Waals surface area contributed by atoms with E-state index in [0.29, 0.717) is 23.3 Å². The zero-order valence-electron chi connectivity index (χ0n) is 6.90. The predicted molar refractivity (Wildman–Crippen MR) is 52.0 cm³/mol. The Morgan fingerprint density at radius 3 is 2.92 bits per heavy atom. The third kappa shape index (κ3) is 2.92. The molecular weight excluding hydrogens is 188 g/mol. The second-order valence-corrected chi connectivity index (χ2v) is 2.98. The van der Waals surface area contributed by atoms with Crippen LogP contribution in [0.4, 0.5) is 0 Å². The number of phenols is 1. The zero-order valence-corrected chi connectivity index (χ0v) is 7.66. The number of carbonyl (C=O) groups excluding carboxylic acids is 1. The molecule has 0 unspecified atom stereocenters. The lowest BCUT2D eigenvalue weighted by Gasteiger charge is -2.00. The maximum Gasteiger partial charge on any atom is 0.142 e. The van der Waals surface area contributed by atoms with Crippen molar-refractivity contribution in [3.05, 3.63) is 40.9 Å². The summed E-state index contributed by atoms with van der Waals surface area (Å²) in [7, 11) is 0. The summed E-state index contributed by atoms with van der Waals surface area (Å²) in [5.74, 6) is 0.194. The molecule has 1 N–H and O–H groups in total. The molecule has 0 heterocycles. The number of halogens is 1. The Balaban J connectivity index is 2.81. The van der Waals surface area contributed by atoms with Gasteiger partial charge in [-0.1, -0.05) is 17.7 Å². The fraction of sp³-hybridized carbons (Fsp3) is 0.100. The van der Waals surface area contributed by atoms with E-state index in [9.17, 15) is 9.90 Å². The van der Waals surface area contributed by atoms with Crippen LogP contribution in [0.5, 0.6) is 5.75 Å². The first kappa shape index (κ1) is 9.81. The molecule has 0 fully saturated rings. The van der Waals surface area contributed by atoms with Gasteiger partial charge in [0.05, 0.1) is 0 Å². The summed E-state index contributed by atoms with van der Waals surface area (Å²) >= 11 is 5.72. The number of hydrogen-bond acceptors (Lipinski definition) is 2. The van der Waals surface area contributed by atoms with Crippen molar-refractivity contribution in [2.75, 3.05) is 0 Å². The van der Waals surface area contributed by atoms with Crippen molar-refractivity contribution < 1.29 is 9.90 Å².